The van der Waals surface area contributed by atoms with Crippen molar-refractivity contribution < 1.29 is 4.79 Å². The van der Waals surface area contributed by atoms with E-state index in [-0.39, 0.29) is 17.4 Å². The number of nitrogens with one attached hydrogen (secondary N) is 1. The Kier molecular flexibility index (Phi) is 4.27. The van der Waals surface area contributed by atoms with Gasteiger partial charge in [0.25, 0.3) is 0 Å². The molecular weight excluding hydrogens is 234 g/mol. The number of nitrogens with two attached hydrogens (primary N) is 1. The fourth-order valence-electron chi connectivity index (χ4n) is 1.41. The molecule has 1 amide bonds. The molecule has 4 nitrogen and oxygen atoms in total. The molecule has 3 N–H and O–H groups in total. The van der Waals surface area contributed by atoms with Gasteiger partial charge in [0.1, 0.15) is 6.04 Å². The molecule has 0 aliphatic heterocycles. The van der Waals surface area contributed by atoms with Crippen LogP contribution in [-0.4, -0.2) is 16.9 Å². The summed E-state index contributed by atoms with van der Waals surface area (Å²) in [6, 6.07) is -0.311. The van der Waals surface area contributed by atoms with Crippen LogP contribution < -0.4 is 11.1 Å². The molecule has 0 spiro atoms. The highest BCUT2D eigenvalue weighted by Crippen LogP contribution is 2.27. The SMILES string of the molecule is CC(C)NC(C(N)=O)c1csc(C(C)(C)C)n1. The van der Waals surface area contributed by atoms with E-state index in [2.05, 4.69) is 31.1 Å². The van der Waals surface area contributed by atoms with Gasteiger partial charge in [-0.15, -0.1) is 11.3 Å². The smallest absolute Gasteiger partial charge is 0.240 e. The van der Waals surface area contributed by atoms with Gasteiger partial charge in [0, 0.05) is 16.8 Å². The summed E-state index contributed by atoms with van der Waals surface area (Å²) in [6.45, 7) is 10.3. The number of hydrogen-bond acceptors (Lipinski definition) is 4. The van der Waals surface area contributed by atoms with Crippen LogP contribution in [0, 0.1) is 0 Å². The van der Waals surface area contributed by atoms with Gasteiger partial charge in [-0.25, -0.2) is 4.98 Å². The van der Waals surface area contributed by atoms with Crippen molar-refractivity contribution in [3.63, 3.8) is 0 Å². The first-order chi connectivity index (χ1) is 7.71. The highest BCUT2D eigenvalue weighted by Gasteiger charge is 2.24. The van der Waals surface area contributed by atoms with Crippen LogP contribution in [0.1, 0.15) is 51.4 Å². The van der Waals surface area contributed by atoms with E-state index in [0.717, 1.165) is 10.7 Å². The first kappa shape index (κ1) is 14.1. The van der Waals surface area contributed by atoms with Crippen molar-refractivity contribution >= 4 is 17.2 Å². The van der Waals surface area contributed by atoms with Crippen LogP contribution in [0.15, 0.2) is 5.38 Å². The van der Waals surface area contributed by atoms with E-state index in [4.69, 9.17) is 5.73 Å². The minimum Gasteiger partial charge on any atom is -0.368 e. The van der Waals surface area contributed by atoms with Crippen molar-refractivity contribution in [2.24, 2.45) is 5.73 Å². The molecule has 1 aromatic rings. The number of carbonyl (C=O) groups is 1. The quantitative estimate of drug-likeness (QED) is 0.864. The van der Waals surface area contributed by atoms with Crippen LogP contribution in [-0.2, 0) is 10.2 Å². The van der Waals surface area contributed by atoms with Gasteiger partial charge in [-0.2, -0.15) is 0 Å². The molecule has 0 aliphatic rings. The Morgan fingerprint density at radius 1 is 1.47 bits per heavy atom. The molecule has 1 heterocycles. The van der Waals surface area contributed by atoms with E-state index < -0.39 is 6.04 Å². The highest BCUT2D eigenvalue weighted by atomic mass is 32.1. The van der Waals surface area contributed by atoms with E-state index >= 15 is 0 Å². The highest BCUT2D eigenvalue weighted by molar-refractivity contribution is 7.09. The van der Waals surface area contributed by atoms with Crippen LogP contribution in [0.25, 0.3) is 0 Å². The number of hydrogen-bond donors (Lipinski definition) is 2. The van der Waals surface area contributed by atoms with Crippen LogP contribution in [0.2, 0.25) is 0 Å². The zero-order chi connectivity index (χ0) is 13.2. The molecule has 0 saturated carbocycles. The van der Waals surface area contributed by atoms with E-state index in [0.29, 0.717) is 0 Å². The predicted octanol–water partition coefficient (Wildman–Crippen LogP) is 1.97. The van der Waals surface area contributed by atoms with Crippen LogP contribution in [0.5, 0.6) is 0 Å². The Balaban J connectivity index is 2.96. The topological polar surface area (TPSA) is 68.0 Å². The van der Waals surface area contributed by atoms with E-state index in [1.807, 2.05) is 19.2 Å². The average Bonchev–Trinajstić information content (AvgIpc) is 2.60. The number of amides is 1. The lowest BCUT2D eigenvalue weighted by molar-refractivity contribution is -0.120. The number of thiazole rings is 1. The van der Waals surface area contributed by atoms with Crippen LogP contribution in [0.4, 0.5) is 0 Å². The summed E-state index contributed by atoms with van der Waals surface area (Å²) in [7, 11) is 0. The summed E-state index contributed by atoms with van der Waals surface area (Å²) in [4.78, 5) is 15.9. The fourth-order valence-corrected chi connectivity index (χ4v) is 2.34. The molecule has 0 radical (unpaired) electrons. The number of primary amides is 1. The summed E-state index contributed by atoms with van der Waals surface area (Å²) in [6.07, 6.45) is 0. The maximum Gasteiger partial charge on any atom is 0.240 e. The molecule has 0 fully saturated rings. The van der Waals surface area contributed by atoms with Gasteiger partial charge in [0.05, 0.1) is 10.7 Å². The lowest BCUT2D eigenvalue weighted by Gasteiger charge is -2.17. The number of rotatable bonds is 4. The van der Waals surface area contributed by atoms with Gasteiger partial charge < -0.3 is 5.73 Å². The average molecular weight is 255 g/mol. The Hall–Kier alpha value is -0.940. The third-order valence-electron chi connectivity index (χ3n) is 2.24. The summed E-state index contributed by atoms with van der Waals surface area (Å²) in [5, 5.41) is 6.06. The summed E-state index contributed by atoms with van der Waals surface area (Å²) in [5.74, 6) is -0.385. The zero-order valence-corrected chi connectivity index (χ0v) is 11.9. The second-order valence-corrected chi connectivity index (χ2v) is 6.34. The minimum absolute atomic E-state index is 0.00292. The molecule has 0 bridgehead atoms. The second kappa shape index (κ2) is 5.14. The third kappa shape index (κ3) is 3.78. The first-order valence-corrected chi connectivity index (χ1v) is 6.61. The van der Waals surface area contributed by atoms with Crippen molar-refractivity contribution in [2.75, 3.05) is 0 Å². The molecule has 1 atom stereocenters. The van der Waals surface area contributed by atoms with Crippen molar-refractivity contribution in [1.82, 2.24) is 10.3 Å². The molecule has 96 valence electrons. The zero-order valence-electron chi connectivity index (χ0n) is 11.1. The number of carbonyl (C=O) groups excluding carboxylic acids is 1. The molecular formula is C12H21N3OS. The lowest BCUT2D eigenvalue weighted by atomic mass is 9.98. The molecule has 1 unspecified atom stereocenters. The molecule has 0 aliphatic carbocycles. The van der Waals surface area contributed by atoms with Crippen LogP contribution >= 0.6 is 11.3 Å². The molecule has 1 rings (SSSR count). The molecule has 0 saturated heterocycles. The molecule has 0 aromatic carbocycles. The van der Waals surface area contributed by atoms with Crippen molar-refractivity contribution in [3.8, 4) is 0 Å². The Labute approximate surface area is 107 Å². The minimum atomic E-state index is -0.498. The van der Waals surface area contributed by atoms with E-state index in [1.54, 1.807) is 11.3 Å². The monoisotopic (exact) mass is 255 g/mol. The summed E-state index contributed by atoms with van der Waals surface area (Å²) < 4.78 is 0. The van der Waals surface area contributed by atoms with E-state index in [1.165, 1.54) is 0 Å². The predicted molar refractivity (Wildman–Crippen MR) is 71.0 cm³/mol. The maximum absolute atomic E-state index is 11.4. The molecule has 5 heteroatoms. The maximum atomic E-state index is 11.4. The van der Waals surface area contributed by atoms with Gasteiger partial charge in [-0.1, -0.05) is 20.8 Å². The van der Waals surface area contributed by atoms with Crippen molar-refractivity contribution in [2.45, 2.75) is 52.1 Å². The molecule has 17 heavy (non-hydrogen) atoms. The largest absolute Gasteiger partial charge is 0.368 e. The van der Waals surface area contributed by atoms with E-state index in [9.17, 15) is 4.79 Å². The van der Waals surface area contributed by atoms with Crippen molar-refractivity contribution in [1.29, 1.82) is 0 Å². The number of nitrogens with zero attached hydrogens (tertiary/aromatic N) is 1. The fraction of sp³-hybridized carbons (Fsp3) is 0.667. The van der Waals surface area contributed by atoms with Gasteiger partial charge in [0.2, 0.25) is 5.91 Å². The van der Waals surface area contributed by atoms with Crippen molar-refractivity contribution in [3.05, 3.63) is 16.1 Å². The molecule has 1 aromatic heterocycles. The van der Waals surface area contributed by atoms with Gasteiger partial charge in [-0.3, -0.25) is 10.1 Å². The van der Waals surface area contributed by atoms with Gasteiger partial charge in [-0.05, 0) is 13.8 Å². The normalized spacial score (nSPS) is 14.0. The second-order valence-electron chi connectivity index (χ2n) is 5.48. The summed E-state index contributed by atoms with van der Waals surface area (Å²) >= 11 is 1.57. The Morgan fingerprint density at radius 3 is 2.41 bits per heavy atom. The summed E-state index contributed by atoms with van der Waals surface area (Å²) in [5.41, 5.74) is 6.12. The van der Waals surface area contributed by atoms with Gasteiger partial charge in [0.15, 0.2) is 0 Å². The van der Waals surface area contributed by atoms with Crippen LogP contribution in [0.3, 0.4) is 0 Å². The number of aromatic nitrogens is 1. The third-order valence-corrected chi connectivity index (χ3v) is 3.53. The Bertz CT molecular complexity index is 393. The Morgan fingerprint density at radius 2 is 2.06 bits per heavy atom. The standard InChI is InChI=1S/C12H21N3OS/c1-7(2)14-9(10(13)16)8-6-17-11(15-8)12(3,4)5/h6-7,9,14H,1-5H3,(H2,13,16). The lowest BCUT2D eigenvalue weighted by Crippen LogP contribution is -2.37. The van der Waals surface area contributed by atoms with Gasteiger partial charge >= 0.3 is 0 Å². The first-order valence-electron chi connectivity index (χ1n) is 5.73.